The number of nitrogens with one attached hydrogen (secondary N) is 1. The maximum Gasteiger partial charge on any atom is 0.414 e. The lowest BCUT2D eigenvalue weighted by atomic mass is 10.2. The van der Waals surface area contributed by atoms with Crippen LogP contribution in [0.2, 0.25) is 0 Å². The van der Waals surface area contributed by atoms with E-state index in [-0.39, 0.29) is 26.2 Å². The summed E-state index contributed by atoms with van der Waals surface area (Å²) in [7, 11) is -1.61. The second-order valence-electron chi connectivity index (χ2n) is 12.3. The van der Waals surface area contributed by atoms with Gasteiger partial charge in [-0.05, 0) is 62.0 Å². The molecule has 0 aliphatic carbocycles. The molecule has 0 bridgehead atoms. The third-order valence-electron chi connectivity index (χ3n) is 8.11. The number of cyclic esters (lactones) is 2. The van der Waals surface area contributed by atoms with Crippen LogP contribution in [0.4, 0.5) is 41.1 Å². The molecule has 0 saturated carbocycles. The Labute approximate surface area is 320 Å². The number of benzene rings is 2. The van der Waals surface area contributed by atoms with Gasteiger partial charge in [0.05, 0.1) is 47.4 Å². The van der Waals surface area contributed by atoms with Crippen molar-refractivity contribution in [3.63, 3.8) is 0 Å². The van der Waals surface area contributed by atoms with Gasteiger partial charge in [-0.15, -0.1) is 0 Å². The van der Waals surface area contributed by atoms with Crippen LogP contribution in [0.3, 0.4) is 0 Å². The topological polar surface area (TPSA) is 138 Å². The van der Waals surface area contributed by atoms with Gasteiger partial charge in [0, 0.05) is 77.3 Å². The smallest absolute Gasteiger partial charge is 0.414 e. The van der Waals surface area contributed by atoms with Gasteiger partial charge in [-0.2, -0.15) is 0 Å². The highest BCUT2D eigenvalue weighted by molar-refractivity contribution is 7.85. The molecule has 52 heavy (non-hydrogen) atoms. The van der Waals surface area contributed by atoms with Crippen LogP contribution in [0, 0.1) is 11.6 Å². The number of carbonyl (C=O) groups excluding carboxylic acids is 2. The second-order valence-corrected chi connectivity index (χ2v) is 17.1. The molecule has 2 atom stereocenters. The maximum atomic E-state index is 14.5. The number of halogens is 2. The largest absolute Gasteiger partial charge is 0.443 e. The van der Waals surface area contributed by atoms with Gasteiger partial charge in [0.1, 0.15) is 23.8 Å². The molecule has 0 unspecified atom stereocenters. The lowest BCUT2D eigenvalue weighted by Gasteiger charge is -2.29. The van der Waals surface area contributed by atoms with Gasteiger partial charge in [0.25, 0.3) is 0 Å². The highest BCUT2D eigenvalue weighted by Gasteiger charge is 2.34. The van der Waals surface area contributed by atoms with Crippen molar-refractivity contribution in [2.45, 2.75) is 40.4 Å². The van der Waals surface area contributed by atoms with E-state index in [2.05, 4.69) is 17.5 Å². The Kier molecular flexibility index (Phi) is 16.8. The van der Waals surface area contributed by atoms with E-state index in [1.54, 1.807) is 31.2 Å². The zero-order valence-electron chi connectivity index (χ0n) is 28.8. The van der Waals surface area contributed by atoms with E-state index in [1.807, 2.05) is 23.6 Å². The maximum absolute atomic E-state index is 14.5. The number of hydrogen-bond donors (Lipinski definition) is 2. The number of carbonyl (C=O) groups is 2. The fourth-order valence-corrected chi connectivity index (χ4v) is 7.74. The summed E-state index contributed by atoms with van der Waals surface area (Å²) in [5.41, 5.74) is 7.37. The fourth-order valence-electron chi connectivity index (χ4n) is 5.55. The van der Waals surface area contributed by atoms with Crippen molar-refractivity contribution in [3.8, 4) is 0 Å². The lowest BCUT2D eigenvalue weighted by molar-refractivity contribution is 0.142. The summed E-state index contributed by atoms with van der Waals surface area (Å²) < 4.78 is 62.1. The number of anilines is 4. The second kappa shape index (κ2) is 20.2. The normalized spacial score (nSPS) is 20.5. The molecular formula is C34H48F2N6O6S4. The zero-order valence-corrected chi connectivity index (χ0v) is 32.1. The van der Waals surface area contributed by atoms with E-state index in [4.69, 9.17) is 27.4 Å². The Morgan fingerprint density at radius 1 is 0.788 bits per heavy atom. The van der Waals surface area contributed by atoms with Gasteiger partial charge in [0.2, 0.25) is 0 Å². The fraction of sp³-hybridized carbons (Fsp3) is 0.529. The number of amides is 2. The number of rotatable bonds is 7. The SMILES string of the molecule is C.CC(=S)NC[C@H]1CN(c2ccc(N3CCS(=O)CC3)c(F)c2)C(=O)O1.CC(C)=S.NC[C@H]1CN(c2ccc(N3CCS(=O)CC3)c(F)c2)C(=O)O1. The molecule has 18 heteroatoms. The summed E-state index contributed by atoms with van der Waals surface area (Å²) in [6.45, 7) is 9.19. The molecule has 4 aliphatic heterocycles. The molecule has 4 aliphatic rings. The van der Waals surface area contributed by atoms with Crippen LogP contribution in [-0.4, -0.2) is 118 Å². The van der Waals surface area contributed by atoms with Crippen molar-refractivity contribution in [2.75, 3.05) is 95.0 Å². The first kappa shape index (κ1) is 43.1. The van der Waals surface area contributed by atoms with Crippen molar-refractivity contribution in [2.24, 2.45) is 5.73 Å². The van der Waals surface area contributed by atoms with Gasteiger partial charge >= 0.3 is 12.2 Å². The van der Waals surface area contributed by atoms with Crippen molar-refractivity contribution < 1.29 is 36.3 Å². The Morgan fingerprint density at radius 2 is 1.17 bits per heavy atom. The first-order valence-electron chi connectivity index (χ1n) is 16.4. The number of nitrogens with zero attached hydrogens (tertiary/aromatic N) is 4. The highest BCUT2D eigenvalue weighted by Crippen LogP contribution is 2.30. The predicted octanol–water partition coefficient (Wildman–Crippen LogP) is 4.37. The van der Waals surface area contributed by atoms with Gasteiger partial charge in [0.15, 0.2) is 0 Å². The highest BCUT2D eigenvalue weighted by atomic mass is 32.2. The molecule has 2 aromatic rings. The lowest BCUT2D eigenvalue weighted by Crippen LogP contribution is -2.38. The molecule has 288 valence electrons. The van der Waals surface area contributed by atoms with Crippen molar-refractivity contribution in [1.29, 1.82) is 0 Å². The molecule has 6 rings (SSSR count). The van der Waals surface area contributed by atoms with Crippen molar-refractivity contribution in [1.82, 2.24) is 5.32 Å². The van der Waals surface area contributed by atoms with Crippen molar-refractivity contribution in [3.05, 3.63) is 48.0 Å². The summed E-state index contributed by atoms with van der Waals surface area (Å²) >= 11 is 9.48. The molecule has 4 saturated heterocycles. The summed E-state index contributed by atoms with van der Waals surface area (Å²) in [6.07, 6.45) is -1.68. The van der Waals surface area contributed by atoms with E-state index in [9.17, 15) is 26.8 Å². The Morgan fingerprint density at radius 3 is 1.52 bits per heavy atom. The van der Waals surface area contributed by atoms with E-state index in [0.717, 1.165) is 4.86 Å². The minimum atomic E-state index is -0.811. The molecule has 0 spiro atoms. The average molecular weight is 803 g/mol. The molecular weight excluding hydrogens is 755 g/mol. The van der Waals surface area contributed by atoms with E-state index < -0.39 is 45.4 Å². The van der Waals surface area contributed by atoms with E-state index in [1.165, 1.54) is 21.9 Å². The number of nitrogens with two attached hydrogens (primary N) is 1. The molecule has 2 aromatic carbocycles. The number of ether oxygens (including phenoxy) is 2. The van der Waals surface area contributed by atoms with Crippen LogP contribution in [-0.2, 0) is 31.1 Å². The third-order valence-corrected chi connectivity index (χ3v) is 10.8. The molecule has 0 aromatic heterocycles. The van der Waals surface area contributed by atoms with Gasteiger partial charge in [-0.25, -0.2) is 18.4 Å². The standard InChI is InChI=1S/C16H20FN3O3S2.C14H18FN3O3S.C3H6S.CH4/c1-11(24)18-9-13-10-20(16(21)23-13)12-2-3-15(14(17)8-12)19-4-6-25(22)7-5-19;15-12-7-10(18-9-11(8-16)21-14(18)19)1-2-13(12)17-3-5-22(20)6-4-17;1-3(2)4;/h2-3,8,13H,4-7,9-10H2,1H3,(H,18,24);1-2,7,11H,3-6,8-9,16H2;1-2H3;1H4/t13-;11-;;/m00../s1. The Balaban J connectivity index is 0.000000251. The van der Waals surface area contributed by atoms with Crippen LogP contribution in [0.1, 0.15) is 28.2 Å². The molecule has 2 amide bonds. The number of thiocarbonyl (C=S) groups is 2. The monoisotopic (exact) mass is 802 g/mol. The average Bonchev–Trinajstić information content (AvgIpc) is 3.66. The quantitative estimate of drug-likeness (QED) is 0.385. The summed E-state index contributed by atoms with van der Waals surface area (Å²) in [5, 5.41) is 2.97. The van der Waals surface area contributed by atoms with Gasteiger partial charge in [-0.3, -0.25) is 18.2 Å². The molecule has 4 fully saturated rings. The number of hydrogen-bond acceptors (Lipinski definition) is 11. The minimum Gasteiger partial charge on any atom is -0.443 e. The van der Waals surface area contributed by atoms with Crippen LogP contribution in [0.5, 0.6) is 0 Å². The summed E-state index contributed by atoms with van der Waals surface area (Å²) in [5.74, 6) is 1.42. The van der Waals surface area contributed by atoms with E-state index in [0.29, 0.717) is 96.6 Å². The van der Waals surface area contributed by atoms with Crippen molar-refractivity contribution >= 4 is 90.8 Å². The molecule has 12 nitrogen and oxygen atoms in total. The molecule has 3 N–H and O–H groups in total. The van der Waals surface area contributed by atoms with Crippen LogP contribution in [0.25, 0.3) is 0 Å². The van der Waals surface area contributed by atoms with Crippen LogP contribution in [0.15, 0.2) is 36.4 Å². The summed E-state index contributed by atoms with van der Waals surface area (Å²) in [6, 6.07) is 9.42. The predicted molar refractivity (Wildman–Crippen MR) is 214 cm³/mol. The van der Waals surface area contributed by atoms with Gasteiger partial charge < -0.3 is 30.3 Å². The molecule has 4 heterocycles. The van der Waals surface area contributed by atoms with E-state index >= 15 is 0 Å². The Hall–Kier alpha value is -3.32. The summed E-state index contributed by atoms with van der Waals surface area (Å²) in [4.78, 5) is 32.0. The zero-order chi connectivity index (χ0) is 37.2. The Bertz CT molecular complexity index is 1630. The first-order valence-corrected chi connectivity index (χ1v) is 20.2. The molecule has 0 radical (unpaired) electrons. The minimum absolute atomic E-state index is 0. The van der Waals surface area contributed by atoms with Crippen LogP contribution < -0.4 is 30.7 Å². The van der Waals surface area contributed by atoms with Gasteiger partial charge in [-0.1, -0.05) is 31.9 Å². The van der Waals surface area contributed by atoms with Crippen LogP contribution >= 0.6 is 24.4 Å². The first-order chi connectivity index (χ1) is 24.2. The third kappa shape index (κ3) is 12.1.